The summed E-state index contributed by atoms with van der Waals surface area (Å²) in [4.78, 5) is 34.1. The SMILES string of the molecule is CCCCC(CC)C(=O)N(CC)C(CC)c1nc2ccccc2c(=O)n1-c1ccccc1. The minimum atomic E-state index is -0.277. The fourth-order valence-electron chi connectivity index (χ4n) is 4.46. The molecular weight excluding hydrogens is 398 g/mol. The molecule has 170 valence electrons. The smallest absolute Gasteiger partial charge is 0.266 e. The van der Waals surface area contributed by atoms with E-state index in [0.29, 0.717) is 29.7 Å². The van der Waals surface area contributed by atoms with Crippen molar-refractivity contribution < 1.29 is 4.79 Å². The fraction of sp³-hybridized carbons (Fsp3) is 0.444. The van der Waals surface area contributed by atoms with E-state index in [9.17, 15) is 9.59 Å². The molecule has 3 aromatic rings. The predicted octanol–water partition coefficient (Wildman–Crippen LogP) is 5.90. The van der Waals surface area contributed by atoms with Crippen LogP contribution in [0.25, 0.3) is 16.6 Å². The number of rotatable bonds is 10. The molecule has 1 amide bonds. The van der Waals surface area contributed by atoms with Crippen LogP contribution in [0.1, 0.15) is 71.7 Å². The molecule has 0 saturated carbocycles. The van der Waals surface area contributed by atoms with Gasteiger partial charge in [-0.15, -0.1) is 0 Å². The average molecular weight is 434 g/mol. The Morgan fingerprint density at radius 1 is 0.969 bits per heavy atom. The number of nitrogens with zero attached hydrogens (tertiary/aromatic N) is 3. The van der Waals surface area contributed by atoms with Crippen molar-refractivity contribution in [3.05, 3.63) is 70.8 Å². The van der Waals surface area contributed by atoms with E-state index in [-0.39, 0.29) is 23.4 Å². The van der Waals surface area contributed by atoms with Crippen molar-refractivity contribution in [2.75, 3.05) is 6.54 Å². The third kappa shape index (κ3) is 4.77. The lowest BCUT2D eigenvalue weighted by Crippen LogP contribution is -2.41. The van der Waals surface area contributed by atoms with Crippen LogP contribution in [-0.2, 0) is 4.79 Å². The number of benzene rings is 2. The summed E-state index contributed by atoms with van der Waals surface area (Å²) in [5.41, 5.74) is 1.34. The molecule has 0 fully saturated rings. The number of carbonyl (C=O) groups is 1. The molecule has 0 radical (unpaired) electrons. The molecule has 0 bridgehead atoms. The molecule has 1 heterocycles. The van der Waals surface area contributed by atoms with Gasteiger partial charge in [0.1, 0.15) is 5.82 Å². The van der Waals surface area contributed by atoms with E-state index in [4.69, 9.17) is 4.98 Å². The van der Waals surface area contributed by atoms with Crippen LogP contribution in [0.3, 0.4) is 0 Å². The monoisotopic (exact) mass is 433 g/mol. The van der Waals surface area contributed by atoms with Gasteiger partial charge in [-0.1, -0.05) is 63.9 Å². The van der Waals surface area contributed by atoms with Gasteiger partial charge in [0.05, 0.1) is 22.6 Å². The molecule has 0 aliphatic carbocycles. The largest absolute Gasteiger partial charge is 0.333 e. The zero-order chi connectivity index (χ0) is 23.1. The maximum absolute atomic E-state index is 13.6. The Hall–Kier alpha value is -2.95. The fourth-order valence-corrected chi connectivity index (χ4v) is 4.46. The quantitative estimate of drug-likeness (QED) is 0.400. The van der Waals surface area contributed by atoms with Gasteiger partial charge in [-0.3, -0.25) is 14.2 Å². The van der Waals surface area contributed by atoms with Gasteiger partial charge >= 0.3 is 0 Å². The molecule has 0 saturated heterocycles. The third-order valence-corrected chi connectivity index (χ3v) is 6.25. The van der Waals surface area contributed by atoms with Crippen molar-refractivity contribution in [1.82, 2.24) is 14.5 Å². The van der Waals surface area contributed by atoms with E-state index >= 15 is 0 Å². The van der Waals surface area contributed by atoms with Crippen molar-refractivity contribution in [2.45, 2.75) is 65.8 Å². The highest BCUT2D eigenvalue weighted by Gasteiger charge is 2.31. The number of hydrogen-bond acceptors (Lipinski definition) is 3. The summed E-state index contributed by atoms with van der Waals surface area (Å²) in [5.74, 6) is 0.793. The summed E-state index contributed by atoms with van der Waals surface area (Å²) in [5, 5.41) is 0.582. The van der Waals surface area contributed by atoms with E-state index in [1.54, 1.807) is 4.57 Å². The van der Waals surface area contributed by atoms with E-state index in [1.165, 1.54) is 0 Å². The van der Waals surface area contributed by atoms with Crippen molar-refractivity contribution in [3.63, 3.8) is 0 Å². The van der Waals surface area contributed by atoms with E-state index in [0.717, 1.165) is 31.4 Å². The summed E-state index contributed by atoms with van der Waals surface area (Å²) < 4.78 is 1.69. The number of unbranched alkanes of at least 4 members (excludes halogenated alkanes) is 1. The van der Waals surface area contributed by atoms with Crippen LogP contribution in [0.2, 0.25) is 0 Å². The van der Waals surface area contributed by atoms with Gasteiger partial charge in [-0.05, 0) is 50.5 Å². The van der Waals surface area contributed by atoms with Crippen LogP contribution < -0.4 is 5.56 Å². The molecule has 0 aliphatic rings. The first-order valence-electron chi connectivity index (χ1n) is 11.9. The second-order valence-corrected chi connectivity index (χ2v) is 8.26. The van der Waals surface area contributed by atoms with Crippen LogP contribution in [0.15, 0.2) is 59.4 Å². The van der Waals surface area contributed by atoms with Gasteiger partial charge < -0.3 is 4.90 Å². The zero-order valence-corrected chi connectivity index (χ0v) is 19.8. The van der Waals surface area contributed by atoms with E-state index < -0.39 is 0 Å². The molecule has 2 atom stereocenters. The van der Waals surface area contributed by atoms with Crippen molar-refractivity contribution in [3.8, 4) is 5.69 Å². The highest BCUT2D eigenvalue weighted by atomic mass is 16.2. The summed E-state index contributed by atoms with van der Waals surface area (Å²) >= 11 is 0. The molecule has 0 N–H and O–H groups in total. The maximum atomic E-state index is 13.6. The molecule has 0 aliphatic heterocycles. The first kappa shape index (κ1) is 23.7. The minimum Gasteiger partial charge on any atom is -0.333 e. The average Bonchev–Trinajstić information content (AvgIpc) is 2.83. The highest BCUT2D eigenvalue weighted by Crippen LogP contribution is 2.28. The minimum absolute atomic E-state index is 0.00121. The topological polar surface area (TPSA) is 55.2 Å². The van der Waals surface area contributed by atoms with E-state index in [2.05, 4.69) is 20.8 Å². The van der Waals surface area contributed by atoms with Gasteiger partial charge in [-0.2, -0.15) is 0 Å². The number of carbonyl (C=O) groups excluding carboxylic acids is 1. The lowest BCUT2D eigenvalue weighted by atomic mass is 9.96. The highest BCUT2D eigenvalue weighted by molar-refractivity contribution is 5.80. The molecule has 3 rings (SSSR count). The normalized spacial score (nSPS) is 13.1. The first-order chi connectivity index (χ1) is 15.6. The van der Waals surface area contributed by atoms with Gasteiger partial charge in [-0.25, -0.2) is 4.98 Å². The maximum Gasteiger partial charge on any atom is 0.266 e. The Morgan fingerprint density at radius 2 is 1.66 bits per heavy atom. The van der Waals surface area contributed by atoms with Gasteiger partial charge in [0.2, 0.25) is 5.91 Å². The van der Waals surface area contributed by atoms with Crippen LogP contribution >= 0.6 is 0 Å². The Morgan fingerprint density at radius 3 is 2.28 bits per heavy atom. The molecule has 32 heavy (non-hydrogen) atoms. The molecule has 1 aromatic heterocycles. The number of para-hydroxylation sites is 2. The van der Waals surface area contributed by atoms with Crippen LogP contribution in [0.5, 0.6) is 0 Å². The standard InChI is InChI=1S/C27H35N3O2/c1-5-9-15-20(6-2)26(31)29(8-4)24(7-3)25-28-23-19-14-13-18-22(23)27(32)30(25)21-16-11-10-12-17-21/h10-14,16-20,24H,5-9,15H2,1-4H3. The second kappa shape index (κ2) is 11.1. The summed E-state index contributed by atoms with van der Waals surface area (Å²) in [6.07, 6.45) is 4.52. The Bertz CT molecular complexity index is 1090. The van der Waals surface area contributed by atoms with Crippen molar-refractivity contribution in [2.24, 2.45) is 5.92 Å². The summed E-state index contributed by atoms with van der Waals surface area (Å²) in [7, 11) is 0. The molecule has 5 nitrogen and oxygen atoms in total. The Labute approximate surface area is 191 Å². The van der Waals surface area contributed by atoms with Gasteiger partial charge in [0.25, 0.3) is 5.56 Å². The summed E-state index contributed by atoms with van der Waals surface area (Å²) in [6, 6.07) is 16.8. The Kier molecular flexibility index (Phi) is 8.20. The number of hydrogen-bond donors (Lipinski definition) is 0. The number of amides is 1. The first-order valence-corrected chi connectivity index (χ1v) is 11.9. The van der Waals surface area contributed by atoms with Gasteiger partial charge in [0, 0.05) is 12.5 Å². The van der Waals surface area contributed by atoms with Crippen molar-refractivity contribution in [1.29, 1.82) is 0 Å². The van der Waals surface area contributed by atoms with E-state index in [1.807, 2.05) is 66.4 Å². The molecular formula is C27H35N3O2. The lowest BCUT2D eigenvalue weighted by Gasteiger charge is -2.34. The molecule has 0 spiro atoms. The molecule has 2 aromatic carbocycles. The third-order valence-electron chi connectivity index (χ3n) is 6.25. The Balaban J connectivity index is 2.18. The number of aromatic nitrogens is 2. The molecule has 2 unspecified atom stereocenters. The van der Waals surface area contributed by atoms with Gasteiger partial charge in [0.15, 0.2) is 0 Å². The zero-order valence-electron chi connectivity index (χ0n) is 19.8. The second-order valence-electron chi connectivity index (χ2n) is 8.26. The lowest BCUT2D eigenvalue weighted by molar-refractivity contribution is -0.138. The summed E-state index contributed by atoms with van der Waals surface area (Å²) in [6.45, 7) is 8.89. The number of fused-ring (bicyclic) bond motifs is 1. The predicted molar refractivity (Wildman–Crippen MR) is 131 cm³/mol. The molecule has 5 heteroatoms. The van der Waals surface area contributed by atoms with Crippen LogP contribution in [0, 0.1) is 5.92 Å². The van der Waals surface area contributed by atoms with Crippen molar-refractivity contribution >= 4 is 16.8 Å². The van der Waals surface area contributed by atoms with Crippen LogP contribution in [0.4, 0.5) is 0 Å². The van der Waals surface area contributed by atoms with Crippen LogP contribution in [-0.4, -0.2) is 26.9 Å².